The Hall–Kier alpha value is -0.742. The molecule has 1 saturated heterocycles. The van der Waals surface area contributed by atoms with E-state index in [2.05, 4.69) is 48.7 Å². The summed E-state index contributed by atoms with van der Waals surface area (Å²) in [6.45, 7) is 18.0. The van der Waals surface area contributed by atoms with Gasteiger partial charge in [0.15, 0.2) is 6.35 Å². The molecular formula is C21H40N3O8PSW. The van der Waals surface area contributed by atoms with E-state index < -0.39 is 35.4 Å². The number of nitrogens with one attached hydrogen (secondary N) is 2. The van der Waals surface area contributed by atoms with Gasteiger partial charge in [-0.25, -0.2) is 8.42 Å². The van der Waals surface area contributed by atoms with Crippen molar-refractivity contribution in [2.75, 3.05) is 33.1 Å². The van der Waals surface area contributed by atoms with Gasteiger partial charge in [-0.3, -0.25) is 14.1 Å². The minimum atomic E-state index is -3.79. The fourth-order valence-corrected chi connectivity index (χ4v) is 4.40. The van der Waals surface area contributed by atoms with Crippen LogP contribution in [0.4, 0.5) is 0 Å². The molecule has 1 aliphatic rings. The Morgan fingerprint density at radius 1 is 1.29 bits per heavy atom. The van der Waals surface area contributed by atoms with Gasteiger partial charge in [-0.15, -0.1) is 0 Å². The summed E-state index contributed by atoms with van der Waals surface area (Å²) in [6, 6.07) is -0.285. The van der Waals surface area contributed by atoms with Crippen LogP contribution in [0.1, 0.15) is 41.0 Å². The number of allylic oxidation sites excluding steroid dienone is 1. The van der Waals surface area contributed by atoms with Crippen LogP contribution < -0.4 is 10.0 Å². The zero-order chi connectivity index (χ0) is 26.5. The summed E-state index contributed by atoms with van der Waals surface area (Å²) in [5, 5.41) is 3.06. The third kappa shape index (κ3) is 11.0. The predicted octanol–water partition coefficient (Wildman–Crippen LogP) is 1.97. The Kier molecular flexibility index (Phi) is 13.4. The van der Waals surface area contributed by atoms with Crippen molar-refractivity contribution in [1.29, 1.82) is 0 Å². The molecule has 14 heteroatoms. The van der Waals surface area contributed by atoms with Crippen LogP contribution in [0.25, 0.3) is 0 Å². The van der Waals surface area contributed by atoms with E-state index >= 15 is 0 Å². The number of hydrogen-bond acceptors (Lipinski definition) is 9. The monoisotopic (exact) mass is 709 g/mol. The van der Waals surface area contributed by atoms with Gasteiger partial charge in [-0.2, -0.15) is 0 Å². The molecule has 1 fully saturated rings. The Balaban J connectivity index is 0.0000116. The molecule has 0 aliphatic carbocycles. The summed E-state index contributed by atoms with van der Waals surface area (Å²) in [6.07, 6.45) is 0.619. The Morgan fingerprint density at radius 3 is 2.34 bits per heavy atom. The van der Waals surface area contributed by atoms with Gasteiger partial charge < -0.3 is 29.1 Å². The molecule has 4 unspecified atom stereocenters. The molecule has 204 valence electrons. The quantitative estimate of drug-likeness (QED) is 0.139. The van der Waals surface area contributed by atoms with E-state index in [0.29, 0.717) is 24.6 Å². The van der Waals surface area contributed by atoms with Crippen LogP contribution in [0.3, 0.4) is 0 Å². The first kappa shape index (κ1) is 34.3. The third-order valence-electron chi connectivity index (χ3n) is 5.81. The maximum absolute atomic E-state index is 12.5. The van der Waals surface area contributed by atoms with Gasteiger partial charge in [0.05, 0.1) is 18.4 Å². The number of likely N-dealkylation sites (tertiary alicyclic amines) is 1. The van der Waals surface area contributed by atoms with Crippen molar-refractivity contribution in [2.45, 2.75) is 58.7 Å². The number of ether oxygens (including phenoxy) is 2. The Labute approximate surface area is 223 Å². The van der Waals surface area contributed by atoms with Crippen molar-refractivity contribution in [3.05, 3.63) is 24.6 Å². The second kappa shape index (κ2) is 13.7. The van der Waals surface area contributed by atoms with Crippen LogP contribution >= 0.6 is 7.60 Å². The molecule has 4 atom stereocenters. The molecule has 0 saturated carbocycles. The predicted molar refractivity (Wildman–Crippen MR) is 130 cm³/mol. The molecule has 1 aliphatic heterocycles. The smallest absolute Gasteiger partial charge is 0.353 e. The number of hydrogen-bond donors (Lipinski definition) is 3. The molecule has 0 aromatic rings. The molecule has 0 spiro atoms. The number of carbonyl (C=O) groups excluding carboxylic acids is 1. The van der Waals surface area contributed by atoms with Gasteiger partial charge in [0.25, 0.3) is 5.91 Å². The van der Waals surface area contributed by atoms with E-state index in [0.717, 1.165) is 19.1 Å². The summed E-state index contributed by atoms with van der Waals surface area (Å²) in [5.41, 5.74) is 0.144. The topological polar surface area (TPSA) is 144 Å². The first-order valence-electron chi connectivity index (χ1n) is 10.9. The van der Waals surface area contributed by atoms with Crippen LogP contribution in [-0.2, 0) is 54.4 Å². The van der Waals surface area contributed by atoms with Crippen molar-refractivity contribution in [3.8, 4) is 0 Å². The molecule has 0 radical (unpaired) electrons. The van der Waals surface area contributed by atoms with Crippen LogP contribution in [0.15, 0.2) is 24.6 Å². The molecule has 0 bridgehead atoms. The first-order valence-corrected chi connectivity index (χ1v) is 14.6. The maximum atomic E-state index is 12.5. The molecule has 0 aromatic carbocycles. The molecule has 1 heterocycles. The molecule has 0 aromatic heterocycles. The van der Waals surface area contributed by atoms with Crippen molar-refractivity contribution in [1.82, 2.24) is 14.9 Å². The molecule has 1 amide bonds. The van der Waals surface area contributed by atoms with E-state index in [4.69, 9.17) is 9.47 Å². The van der Waals surface area contributed by atoms with Crippen molar-refractivity contribution >= 4 is 23.5 Å². The summed E-state index contributed by atoms with van der Waals surface area (Å²) in [5.74, 6) is -0.209. The zero-order valence-electron chi connectivity index (χ0n) is 21.6. The molecule has 35 heavy (non-hydrogen) atoms. The number of amides is 1. The number of sulfonamides is 1. The standard InChI is InChI=1S/C21H40N3O8PS.W/c1-14(2)15(3)17(5)24-11-18(32-12-31-13-33(26,27)30-8)10-19(24)16(4)22-21(6,7)20(25)23-34(9,28)29;/h14-15,18-19,22H,4-5,10-13H2,1-3,6-9H3,(H,23,25)(H,26,27);. The van der Waals surface area contributed by atoms with Gasteiger partial charge >= 0.3 is 7.60 Å². The van der Waals surface area contributed by atoms with Crippen molar-refractivity contribution in [2.24, 2.45) is 11.8 Å². The Bertz CT molecular complexity index is 912. The number of carbonyl (C=O) groups is 1. The summed E-state index contributed by atoms with van der Waals surface area (Å²) in [4.78, 5) is 23.9. The molecular weight excluding hydrogens is 669 g/mol. The van der Waals surface area contributed by atoms with E-state index in [1.54, 1.807) is 13.8 Å². The average molecular weight is 709 g/mol. The number of nitrogens with zero attached hydrogens (tertiary/aromatic N) is 1. The molecule has 3 N–H and O–H groups in total. The normalized spacial score (nSPS) is 21.1. The fraction of sp³-hybridized carbons (Fsp3) is 0.762. The van der Waals surface area contributed by atoms with E-state index in [1.165, 1.54) is 0 Å². The molecule has 1 rings (SSSR count). The SMILES string of the molecule is C=C(NC(C)(C)C(=O)NS(C)(=O)=O)C1CC(OCOCP(=O)(O)OC)CN1C(=C)C(C)C(C)C.[W]. The van der Waals surface area contributed by atoms with Gasteiger partial charge in [0.2, 0.25) is 10.0 Å². The summed E-state index contributed by atoms with van der Waals surface area (Å²) < 4.78 is 51.9. The fourth-order valence-electron chi connectivity index (χ4n) is 3.40. The van der Waals surface area contributed by atoms with Crippen LogP contribution in [0.5, 0.6) is 0 Å². The first-order chi connectivity index (χ1) is 15.4. The van der Waals surface area contributed by atoms with Gasteiger partial charge in [0, 0.05) is 52.5 Å². The summed E-state index contributed by atoms with van der Waals surface area (Å²) >= 11 is 0. The minimum absolute atomic E-state index is 0. The average Bonchev–Trinajstić information content (AvgIpc) is 3.12. The van der Waals surface area contributed by atoms with Crippen LogP contribution in [0, 0.1) is 11.8 Å². The van der Waals surface area contributed by atoms with E-state index in [-0.39, 0.29) is 45.9 Å². The second-order valence-corrected chi connectivity index (χ2v) is 13.1. The number of rotatable bonds is 14. The third-order valence-corrected chi connectivity index (χ3v) is 7.44. The maximum Gasteiger partial charge on any atom is 0.353 e. The summed E-state index contributed by atoms with van der Waals surface area (Å²) in [7, 11) is -6.38. The van der Waals surface area contributed by atoms with Gasteiger partial charge in [-0.05, 0) is 25.7 Å². The van der Waals surface area contributed by atoms with Crippen molar-refractivity contribution in [3.63, 3.8) is 0 Å². The van der Waals surface area contributed by atoms with E-state index in [9.17, 15) is 22.7 Å². The minimum Gasteiger partial charge on any atom is -0.374 e. The van der Waals surface area contributed by atoms with Gasteiger partial charge in [0.1, 0.15) is 12.3 Å². The van der Waals surface area contributed by atoms with E-state index in [1.807, 2.05) is 4.72 Å². The van der Waals surface area contributed by atoms with Gasteiger partial charge in [-0.1, -0.05) is 33.9 Å². The van der Waals surface area contributed by atoms with Crippen LogP contribution in [0.2, 0.25) is 0 Å². The van der Waals surface area contributed by atoms with Crippen LogP contribution in [-0.4, -0.2) is 74.9 Å². The second-order valence-electron chi connectivity index (χ2n) is 9.47. The zero-order valence-corrected chi connectivity index (χ0v) is 26.2. The largest absolute Gasteiger partial charge is 0.374 e. The van der Waals surface area contributed by atoms with Crippen molar-refractivity contribution < 1.29 is 57.7 Å². The Morgan fingerprint density at radius 2 is 1.86 bits per heavy atom. The molecule has 11 nitrogen and oxygen atoms in total.